The fourth-order valence-corrected chi connectivity index (χ4v) is 2.03. The maximum Gasteiger partial charge on any atom is 0.0885 e. The Morgan fingerprint density at radius 3 is 3.00 bits per heavy atom. The molecule has 2 rings (SSSR count). The highest BCUT2D eigenvalue weighted by Gasteiger charge is 2.06. The van der Waals surface area contributed by atoms with Gasteiger partial charge in [0.15, 0.2) is 0 Å². The Balaban J connectivity index is 2.46. The fraction of sp³-hybridized carbons (Fsp3) is 0.222. The maximum absolute atomic E-state index is 8.90. The van der Waals surface area contributed by atoms with Gasteiger partial charge in [0.25, 0.3) is 0 Å². The van der Waals surface area contributed by atoms with Gasteiger partial charge in [0, 0.05) is 7.05 Å². The van der Waals surface area contributed by atoms with E-state index in [0.717, 1.165) is 5.69 Å². The van der Waals surface area contributed by atoms with Crippen molar-refractivity contribution in [2.75, 3.05) is 0 Å². The minimum absolute atomic E-state index is 0.000779. The average molecular weight is 194 g/mol. The summed E-state index contributed by atoms with van der Waals surface area (Å²) < 4.78 is 1.79. The molecule has 4 heteroatoms. The van der Waals surface area contributed by atoms with Gasteiger partial charge in [0.05, 0.1) is 22.9 Å². The van der Waals surface area contributed by atoms with Crippen LogP contribution in [0.1, 0.15) is 5.69 Å². The lowest BCUT2D eigenvalue weighted by molar-refractivity contribution is 0.275. The van der Waals surface area contributed by atoms with Crippen LogP contribution in [0.15, 0.2) is 23.6 Å². The van der Waals surface area contributed by atoms with E-state index in [1.54, 1.807) is 16.0 Å². The summed E-state index contributed by atoms with van der Waals surface area (Å²) in [4.78, 5) is 1.18. The molecule has 0 aliphatic heterocycles. The molecule has 0 saturated carbocycles. The molecule has 2 aromatic rings. The topological polar surface area (TPSA) is 38.0 Å². The van der Waals surface area contributed by atoms with E-state index < -0.39 is 0 Å². The zero-order valence-corrected chi connectivity index (χ0v) is 8.08. The van der Waals surface area contributed by atoms with Crippen molar-refractivity contribution in [1.82, 2.24) is 9.78 Å². The standard InChI is InChI=1S/C9H10N2OS/c1-11-8(5-7(6-12)10-11)9-3-2-4-13-9/h2-5,12H,6H2,1H3. The second-order valence-corrected chi connectivity index (χ2v) is 3.73. The van der Waals surface area contributed by atoms with Gasteiger partial charge in [0.2, 0.25) is 0 Å². The number of nitrogens with zero attached hydrogens (tertiary/aromatic N) is 2. The van der Waals surface area contributed by atoms with Crippen molar-refractivity contribution < 1.29 is 5.11 Å². The number of aromatic nitrogens is 2. The smallest absolute Gasteiger partial charge is 0.0885 e. The van der Waals surface area contributed by atoms with Gasteiger partial charge in [-0.2, -0.15) is 5.10 Å². The predicted molar refractivity (Wildman–Crippen MR) is 52.4 cm³/mol. The molecule has 13 heavy (non-hydrogen) atoms. The van der Waals surface area contributed by atoms with Gasteiger partial charge >= 0.3 is 0 Å². The molecule has 0 fully saturated rings. The summed E-state index contributed by atoms with van der Waals surface area (Å²) >= 11 is 1.67. The van der Waals surface area contributed by atoms with Crippen molar-refractivity contribution in [2.45, 2.75) is 6.61 Å². The summed E-state index contributed by atoms with van der Waals surface area (Å²) in [6.45, 7) is -0.000779. The number of thiophene rings is 1. The highest BCUT2D eigenvalue weighted by atomic mass is 32.1. The molecule has 0 unspecified atom stereocenters. The molecule has 0 spiro atoms. The second kappa shape index (κ2) is 3.32. The first-order valence-electron chi connectivity index (χ1n) is 3.99. The number of rotatable bonds is 2. The van der Waals surface area contributed by atoms with Crippen LogP contribution < -0.4 is 0 Å². The van der Waals surface area contributed by atoms with Crippen LogP contribution in [0, 0.1) is 0 Å². The Hall–Kier alpha value is -1.13. The van der Waals surface area contributed by atoms with Gasteiger partial charge < -0.3 is 5.11 Å². The Morgan fingerprint density at radius 1 is 1.62 bits per heavy atom. The zero-order chi connectivity index (χ0) is 9.26. The van der Waals surface area contributed by atoms with E-state index in [9.17, 15) is 0 Å². The first-order valence-corrected chi connectivity index (χ1v) is 4.87. The van der Waals surface area contributed by atoms with E-state index in [1.165, 1.54) is 4.88 Å². The third-order valence-corrected chi connectivity index (χ3v) is 2.76. The van der Waals surface area contributed by atoms with Crippen molar-refractivity contribution in [3.63, 3.8) is 0 Å². The van der Waals surface area contributed by atoms with E-state index in [0.29, 0.717) is 5.69 Å². The third-order valence-electron chi connectivity index (χ3n) is 1.87. The Bertz CT molecular complexity index is 392. The zero-order valence-electron chi connectivity index (χ0n) is 7.27. The van der Waals surface area contributed by atoms with E-state index in [-0.39, 0.29) is 6.61 Å². The predicted octanol–water partition coefficient (Wildman–Crippen LogP) is 1.64. The maximum atomic E-state index is 8.90. The normalized spacial score (nSPS) is 10.6. The van der Waals surface area contributed by atoms with E-state index in [1.807, 2.05) is 30.6 Å². The SMILES string of the molecule is Cn1nc(CO)cc1-c1cccs1. The van der Waals surface area contributed by atoms with E-state index in [2.05, 4.69) is 5.10 Å². The van der Waals surface area contributed by atoms with Gasteiger partial charge in [-0.25, -0.2) is 0 Å². The number of hydrogen-bond acceptors (Lipinski definition) is 3. The first kappa shape index (κ1) is 8.47. The minimum Gasteiger partial charge on any atom is -0.390 e. The minimum atomic E-state index is -0.000779. The molecule has 0 aliphatic rings. The molecule has 2 heterocycles. The number of aliphatic hydroxyl groups excluding tert-OH is 1. The molecule has 1 N–H and O–H groups in total. The molecule has 0 bridgehead atoms. The summed E-state index contributed by atoms with van der Waals surface area (Å²) in [5.41, 5.74) is 1.77. The molecule has 0 aromatic carbocycles. The largest absolute Gasteiger partial charge is 0.390 e. The molecule has 0 radical (unpaired) electrons. The number of hydrogen-bond donors (Lipinski definition) is 1. The van der Waals surface area contributed by atoms with Crippen LogP contribution >= 0.6 is 11.3 Å². The fourth-order valence-electron chi connectivity index (χ4n) is 1.26. The van der Waals surface area contributed by atoms with Crippen LogP contribution in [0.25, 0.3) is 10.6 Å². The van der Waals surface area contributed by atoms with Crippen LogP contribution in [0.4, 0.5) is 0 Å². The van der Waals surface area contributed by atoms with Gasteiger partial charge in [0.1, 0.15) is 0 Å². The lowest BCUT2D eigenvalue weighted by Crippen LogP contribution is -1.93. The Morgan fingerprint density at radius 2 is 2.46 bits per heavy atom. The summed E-state index contributed by atoms with van der Waals surface area (Å²) in [6, 6.07) is 5.96. The van der Waals surface area contributed by atoms with Gasteiger partial charge in [-0.05, 0) is 17.5 Å². The van der Waals surface area contributed by atoms with Gasteiger partial charge in [-0.1, -0.05) is 6.07 Å². The van der Waals surface area contributed by atoms with Crippen LogP contribution in [0.3, 0.4) is 0 Å². The van der Waals surface area contributed by atoms with Gasteiger partial charge in [-0.3, -0.25) is 4.68 Å². The van der Waals surface area contributed by atoms with Crippen molar-refractivity contribution in [2.24, 2.45) is 7.05 Å². The molecule has 0 saturated heterocycles. The highest BCUT2D eigenvalue weighted by molar-refractivity contribution is 7.13. The number of aliphatic hydroxyl groups is 1. The second-order valence-electron chi connectivity index (χ2n) is 2.78. The molecule has 0 aliphatic carbocycles. The summed E-state index contributed by atoms with van der Waals surface area (Å²) in [5.74, 6) is 0. The molecular formula is C9H10N2OS. The van der Waals surface area contributed by atoms with Crippen LogP contribution in [0.2, 0.25) is 0 Å². The number of aryl methyl sites for hydroxylation is 1. The lowest BCUT2D eigenvalue weighted by Gasteiger charge is -1.95. The molecule has 3 nitrogen and oxygen atoms in total. The lowest BCUT2D eigenvalue weighted by atomic mass is 10.3. The Kier molecular flexibility index (Phi) is 2.16. The molecule has 0 atom stereocenters. The van der Waals surface area contributed by atoms with Crippen molar-refractivity contribution >= 4 is 11.3 Å². The molecule has 0 amide bonds. The highest BCUT2D eigenvalue weighted by Crippen LogP contribution is 2.24. The van der Waals surface area contributed by atoms with Crippen LogP contribution in [-0.2, 0) is 13.7 Å². The van der Waals surface area contributed by atoms with E-state index >= 15 is 0 Å². The first-order chi connectivity index (χ1) is 6.31. The molecule has 2 aromatic heterocycles. The summed E-state index contributed by atoms with van der Waals surface area (Å²) in [5, 5.41) is 15.1. The van der Waals surface area contributed by atoms with Crippen LogP contribution in [0.5, 0.6) is 0 Å². The van der Waals surface area contributed by atoms with E-state index in [4.69, 9.17) is 5.11 Å². The molecular weight excluding hydrogens is 184 g/mol. The summed E-state index contributed by atoms with van der Waals surface area (Å²) in [6.07, 6.45) is 0. The Labute approximate surface area is 80.3 Å². The quantitative estimate of drug-likeness (QED) is 0.789. The van der Waals surface area contributed by atoms with Gasteiger partial charge in [-0.15, -0.1) is 11.3 Å². The monoisotopic (exact) mass is 194 g/mol. The molecule has 68 valence electrons. The van der Waals surface area contributed by atoms with Crippen molar-refractivity contribution in [1.29, 1.82) is 0 Å². The average Bonchev–Trinajstić information content (AvgIpc) is 2.72. The van der Waals surface area contributed by atoms with Crippen molar-refractivity contribution in [3.8, 4) is 10.6 Å². The van der Waals surface area contributed by atoms with Crippen LogP contribution in [-0.4, -0.2) is 14.9 Å². The summed E-state index contributed by atoms with van der Waals surface area (Å²) in [7, 11) is 1.88. The third kappa shape index (κ3) is 1.50. The van der Waals surface area contributed by atoms with Crippen molar-refractivity contribution in [3.05, 3.63) is 29.3 Å².